The molecule has 5 nitrogen and oxygen atoms in total. The number of pyridine rings is 1. The SMILES string of the molecule is CCOCCCN(C)C=Nc1c(C=O)cc(Cc2ccc(C(F)(F)F)nc2)c2ccccc12. The van der Waals surface area contributed by atoms with Crippen LogP contribution >= 0.6 is 0 Å². The molecule has 0 radical (unpaired) electrons. The maximum atomic E-state index is 12.8. The normalized spacial score (nSPS) is 11.9. The molecule has 0 atom stereocenters. The highest BCUT2D eigenvalue weighted by atomic mass is 19.4. The molecule has 174 valence electrons. The number of hydrogen-bond donors (Lipinski definition) is 0. The van der Waals surface area contributed by atoms with Gasteiger partial charge >= 0.3 is 6.18 Å². The van der Waals surface area contributed by atoms with E-state index in [1.165, 1.54) is 12.3 Å². The van der Waals surface area contributed by atoms with Crippen LogP contribution in [-0.4, -0.2) is 49.3 Å². The second-order valence-corrected chi connectivity index (χ2v) is 7.64. The van der Waals surface area contributed by atoms with Crippen molar-refractivity contribution in [1.82, 2.24) is 9.88 Å². The molecule has 1 heterocycles. The van der Waals surface area contributed by atoms with E-state index >= 15 is 0 Å². The van der Waals surface area contributed by atoms with Crippen molar-refractivity contribution in [2.24, 2.45) is 4.99 Å². The fourth-order valence-corrected chi connectivity index (χ4v) is 3.53. The average Bonchev–Trinajstić information content (AvgIpc) is 2.80. The summed E-state index contributed by atoms with van der Waals surface area (Å²) in [5.74, 6) is 0. The van der Waals surface area contributed by atoms with Crippen molar-refractivity contribution in [2.75, 3.05) is 26.8 Å². The van der Waals surface area contributed by atoms with Crippen LogP contribution in [-0.2, 0) is 17.3 Å². The third kappa shape index (κ3) is 6.38. The number of halogens is 3. The number of hydrogen-bond acceptors (Lipinski definition) is 4. The minimum absolute atomic E-state index is 0.341. The lowest BCUT2D eigenvalue weighted by Crippen LogP contribution is -2.18. The Labute approximate surface area is 190 Å². The lowest BCUT2D eigenvalue weighted by molar-refractivity contribution is -0.141. The molecule has 1 aromatic heterocycles. The van der Waals surface area contributed by atoms with Crippen molar-refractivity contribution in [2.45, 2.75) is 25.9 Å². The van der Waals surface area contributed by atoms with Gasteiger partial charge in [0.25, 0.3) is 0 Å². The van der Waals surface area contributed by atoms with Crippen LogP contribution in [0, 0.1) is 0 Å². The number of aromatic nitrogens is 1. The third-order valence-electron chi connectivity index (χ3n) is 5.16. The van der Waals surface area contributed by atoms with Crippen LogP contribution in [0.1, 0.15) is 40.5 Å². The zero-order valence-corrected chi connectivity index (χ0v) is 18.6. The van der Waals surface area contributed by atoms with Crippen molar-refractivity contribution in [3.8, 4) is 0 Å². The van der Waals surface area contributed by atoms with Crippen molar-refractivity contribution < 1.29 is 22.7 Å². The van der Waals surface area contributed by atoms with Crippen LogP contribution in [0.15, 0.2) is 53.7 Å². The second-order valence-electron chi connectivity index (χ2n) is 7.64. The van der Waals surface area contributed by atoms with E-state index in [2.05, 4.69) is 9.98 Å². The van der Waals surface area contributed by atoms with Gasteiger partial charge in [-0.05, 0) is 48.4 Å². The van der Waals surface area contributed by atoms with E-state index in [9.17, 15) is 18.0 Å². The van der Waals surface area contributed by atoms with E-state index in [1.54, 1.807) is 12.4 Å². The number of carbonyl (C=O) groups excluding carboxylic acids is 1. The summed E-state index contributed by atoms with van der Waals surface area (Å²) in [6, 6.07) is 11.7. The highest BCUT2D eigenvalue weighted by Gasteiger charge is 2.32. The van der Waals surface area contributed by atoms with Gasteiger partial charge in [0.1, 0.15) is 5.69 Å². The highest BCUT2D eigenvalue weighted by molar-refractivity contribution is 6.03. The van der Waals surface area contributed by atoms with Crippen molar-refractivity contribution in [3.05, 3.63) is 71.0 Å². The van der Waals surface area contributed by atoms with E-state index in [4.69, 9.17) is 4.74 Å². The Morgan fingerprint density at radius 2 is 1.91 bits per heavy atom. The van der Waals surface area contributed by atoms with Gasteiger partial charge in [-0.25, -0.2) is 4.99 Å². The Kier molecular flexibility index (Phi) is 8.16. The number of benzene rings is 2. The first-order chi connectivity index (χ1) is 15.8. The smallest absolute Gasteiger partial charge is 0.382 e. The molecule has 0 saturated carbocycles. The van der Waals surface area contributed by atoms with Crippen LogP contribution in [0.25, 0.3) is 10.8 Å². The van der Waals surface area contributed by atoms with Gasteiger partial charge in [0.15, 0.2) is 6.29 Å². The molecule has 33 heavy (non-hydrogen) atoms. The average molecular weight is 457 g/mol. The number of alkyl halides is 3. The fraction of sp³-hybridized carbons (Fsp3) is 0.320. The molecule has 0 unspecified atom stereocenters. The zero-order chi connectivity index (χ0) is 23.8. The predicted octanol–water partition coefficient (Wildman–Crippen LogP) is 5.68. The Hall–Kier alpha value is -3.26. The minimum atomic E-state index is -4.48. The molecule has 3 aromatic rings. The molecule has 0 bridgehead atoms. The molecular weight excluding hydrogens is 431 g/mol. The quantitative estimate of drug-likeness (QED) is 0.170. The Bertz CT molecular complexity index is 1110. The fourth-order valence-electron chi connectivity index (χ4n) is 3.53. The van der Waals surface area contributed by atoms with Crippen LogP contribution < -0.4 is 0 Å². The summed E-state index contributed by atoms with van der Waals surface area (Å²) in [7, 11) is 1.91. The molecule has 0 aliphatic rings. The summed E-state index contributed by atoms with van der Waals surface area (Å²) in [6.07, 6.45) is 0.391. The summed E-state index contributed by atoms with van der Waals surface area (Å²) in [5, 5.41) is 1.69. The van der Waals surface area contributed by atoms with Gasteiger partial charge < -0.3 is 9.64 Å². The Balaban J connectivity index is 1.90. The second kappa shape index (κ2) is 11.0. The maximum absolute atomic E-state index is 12.8. The maximum Gasteiger partial charge on any atom is 0.433 e. The van der Waals surface area contributed by atoms with Gasteiger partial charge in [-0.1, -0.05) is 30.3 Å². The first kappa shape index (κ1) is 24.4. The number of nitrogens with zero attached hydrogens (tertiary/aromatic N) is 3. The van der Waals surface area contributed by atoms with E-state index in [1.807, 2.05) is 43.1 Å². The molecule has 0 aliphatic carbocycles. The monoisotopic (exact) mass is 457 g/mol. The largest absolute Gasteiger partial charge is 0.433 e. The van der Waals surface area contributed by atoms with E-state index in [0.29, 0.717) is 36.4 Å². The van der Waals surface area contributed by atoms with Gasteiger partial charge in [-0.2, -0.15) is 13.2 Å². The molecule has 0 saturated heterocycles. The van der Waals surface area contributed by atoms with E-state index in [-0.39, 0.29) is 0 Å². The first-order valence-corrected chi connectivity index (χ1v) is 10.7. The summed E-state index contributed by atoms with van der Waals surface area (Å²) in [4.78, 5) is 21.9. The Morgan fingerprint density at radius 3 is 2.55 bits per heavy atom. The number of carbonyl (C=O) groups is 1. The molecule has 2 aromatic carbocycles. The van der Waals surface area contributed by atoms with Crippen molar-refractivity contribution in [1.29, 1.82) is 0 Å². The molecular formula is C25H26F3N3O2. The molecule has 0 aliphatic heterocycles. The minimum Gasteiger partial charge on any atom is -0.382 e. The van der Waals surface area contributed by atoms with Crippen LogP contribution in [0.3, 0.4) is 0 Å². The van der Waals surface area contributed by atoms with Gasteiger partial charge in [-0.3, -0.25) is 9.78 Å². The molecule has 0 amide bonds. The van der Waals surface area contributed by atoms with E-state index in [0.717, 1.165) is 41.7 Å². The lowest BCUT2D eigenvalue weighted by Gasteiger charge is -2.15. The zero-order valence-electron chi connectivity index (χ0n) is 18.6. The predicted molar refractivity (Wildman–Crippen MR) is 123 cm³/mol. The summed E-state index contributed by atoms with van der Waals surface area (Å²) in [6.45, 7) is 4.07. The van der Waals surface area contributed by atoms with Gasteiger partial charge in [0, 0.05) is 44.0 Å². The lowest BCUT2D eigenvalue weighted by atomic mass is 9.95. The topological polar surface area (TPSA) is 54.8 Å². The van der Waals surface area contributed by atoms with Gasteiger partial charge in [-0.15, -0.1) is 0 Å². The molecule has 0 N–H and O–H groups in total. The Morgan fingerprint density at radius 1 is 1.15 bits per heavy atom. The third-order valence-corrected chi connectivity index (χ3v) is 5.16. The van der Waals surface area contributed by atoms with Gasteiger partial charge in [0.2, 0.25) is 0 Å². The van der Waals surface area contributed by atoms with Gasteiger partial charge in [0.05, 0.1) is 12.0 Å². The number of aliphatic imine (C=N–C) groups is 1. The molecule has 3 rings (SSSR count). The highest BCUT2D eigenvalue weighted by Crippen LogP contribution is 2.33. The van der Waals surface area contributed by atoms with Crippen molar-refractivity contribution >= 4 is 29.1 Å². The van der Waals surface area contributed by atoms with Crippen LogP contribution in [0.4, 0.5) is 18.9 Å². The summed E-state index contributed by atoms with van der Waals surface area (Å²) in [5.41, 5.74) is 1.49. The number of fused-ring (bicyclic) bond motifs is 1. The van der Waals surface area contributed by atoms with Crippen molar-refractivity contribution in [3.63, 3.8) is 0 Å². The number of ether oxygens (including phenoxy) is 1. The number of aldehydes is 1. The summed E-state index contributed by atoms with van der Waals surface area (Å²) < 4.78 is 43.8. The summed E-state index contributed by atoms with van der Waals surface area (Å²) >= 11 is 0. The van der Waals surface area contributed by atoms with E-state index < -0.39 is 11.9 Å². The molecule has 0 fully saturated rings. The van der Waals surface area contributed by atoms with Crippen LogP contribution in [0.5, 0.6) is 0 Å². The number of rotatable bonds is 10. The standard InChI is InChI=1S/C25H26F3N3O2/c1-3-33-12-6-11-31(2)17-30-24-20(16-32)14-19(21-7-4-5-8-22(21)24)13-18-9-10-23(29-15-18)25(26,27)28/h4-5,7-10,14-17H,3,6,11-13H2,1-2H3. The first-order valence-electron chi connectivity index (χ1n) is 10.7. The molecule has 8 heteroatoms. The molecule has 0 spiro atoms. The van der Waals surface area contributed by atoms with Crippen LogP contribution in [0.2, 0.25) is 0 Å².